The number of unbranched alkanes of at least 4 members (excludes halogenated alkanes) is 3. The molecular formula is C11H25NO. The lowest BCUT2D eigenvalue weighted by Crippen LogP contribution is -2.32. The maximum Gasteiger partial charge on any atom is 0.0584 e. The third-order valence-corrected chi connectivity index (χ3v) is 2.31. The summed E-state index contributed by atoms with van der Waals surface area (Å²) in [7, 11) is 0. The van der Waals surface area contributed by atoms with Crippen LogP contribution in [0.15, 0.2) is 0 Å². The third-order valence-electron chi connectivity index (χ3n) is 2.31. The van der Waals surface area contributed by atoms with Crippen molar-refractivity contribution >= 4 is 0 Å². The highest BCUT2D eigenvalue weighted by atomic mass is 16.3. The second-order valence-corrected chi connectivity index (χ2v) is 3.68. The Labute approximate surface area is 82.7 Å². The number of rotatable bonds is 9. The Bertz CT molecular complexity index is 96.1. The molecule has 0 fully saturated rings. The lowest BCUT2D eigenvalue weighted by Gasteiger charge is -2.15. The van der Waals surface area contributed by atoms with Gasteiger partial charge in [-0.2, -0.15) is 0 Å². The van der Waals surface area contributed by atoms with E-state index in [9.17, 15) is 0 Å². The van der Waals surface area contributed by atoms with Crippen molar-refractivity contribution in [3.05, 3.63) is 0 Å². The molecule has 0 aromatic rings. The number of hydrogen-bond acceptors (Lipinski definition) is 2. The summed E-state index contributed by atoms with van der Waals surface area (Å²) in [6, 6.07) is 0.330. The zero-order valence-electron chi connectivity index (χ0n) is 9.18. The molecule has 80 valence electrons. The summed E-state index contributed by atoms with van der Waals surface area (Å²) in [5, 5.41) is 12.4. The van der Waals surface area contributed by atoms with Crippen LogP contribution in [0.2, 0.25) is 0 Å². The van der Waals surface area contributed by atoms with Gasteiger partial charge in [-0.05, 0) is 19.4 Å². The van der Waals surface area contributed by atoms with Gasteiger partial charge in [0.2, 0.25) is 0 Å². The topological polar surface area (TPSA) is 32.3 Å². The molecule has 0 spiro atoms. The number of aliphatic hydroxyl groups excluding tert-OH is 1. The summed E-state index contributed by atoms with van der Waals surface area (Å²) >= 11 is 0. The van der Waals surface area contributed by atoms with E-state index in [1.165, 1.54) is 25.7 Å². The zero-order valence-corrected chi connectivity index (χ0v) is 9.18. The maximum atomic E-state index is 9.05. The number of nitrogens with one attached hydrogen (secondary N) is 1. The molecule has 1 atom stereocenters. The van der Waals surface area contributed by atoms with Crippen LogP contribution in [0.5, 0.6) is 0 Å². The van der Waals surface area contributed by atoms with E-state index < -0.39 is 0 Å². The van der Waals surface area contributed by atoms with Gasteiger partial charge in [-0.1, -0.05) is 39.5 Å². The van der Waals surface area contributed by atoms with Crippen LogP contribution in [0.4, 0.5) is 0 Å². The van der Waals surface area contributed by atoms with Crippen molar-refractivity contribution < 1.29 is 5.11 Å². The molecule has 0 aromatic carbocycles. The second kappa shape index (κ2) is 10.0. The van der Waals surface area contributed by atoms with Crippen LogP contribution in [0.3, 0.4) is 0 Å². The summed E-state index contributed by atoms with van der Waals surface area (Å²) in [4.78, 5) is 0. The highest BCUT2D eigenvalue weighted by Crippen LogP contribution is 2.05. The van der Waals surface area contributed by atoms with Gasteiger partial charge in [0.05, 0.1) is 6.61 Å². The predicted octanol–water partition coefficient (Wildman–Crippen LogP) is 2.32. The van der Waals surface area contributed by atoms with Gasteiger partial charge in [0.25, 0.3) is 0 Å². The van der Waals surface area contributed by atoms with Crippen molar-refractivity contribution in [2.45, 2.75) is 58.4 Å². The predicted molar refractivity (Wildman–Crippen MR) is 57.9 cm³/mol. The third kappa shape index (κ3) is 8.26. The first kappa shape index (κ1) is 12.9. The average Bonchev–Trinajstić information content (AvgIpc) is 2.17. The van der Waals surface area contributed by atoms with Crippen molar-refractivity contribution in [2.24, 2.45) is 0 Å². The van der Waals surface area contributed by atoms with Crippen LogP contribution < -0.4 is 5.32 Å². The quantitative estimate of drug-likeness (QED) is 0.543. The highest BCUT2D eigenvalue weighted by Gasteiger charge is 2.04. The van der Waals surface area contributed by atoms with Gasteiger partial charge in [-0.25, -0.2) is 0 Å². The molecule has 2 heteroatoms. The molecule has 1 unspecified atom stereocenters. The standard InChI is InChI=1S/C11H25NO/c1-3-5-6-7-8-11(10-13)12-9-4-2/h11-13H,3-10H2,1-2H3. The van der Waals surface area contributed by atoms with Crippen LogP contribution in [0.1, 0.15) is 52.4 Å². The Morgan fingerprint density at radius 1 is 1.08 bits per heavy atom. The molecule has 0 saturated carbocycles. The first-order valence-corrected chi connectivity index (χ1v) is 5.69. The van der Waals surface area contributed by atoms with Crippen molar-refractivity contribution in [3.63, 3.8) is 0 Å². The van der Waals surface area contributed by atoms with Crippen molar-refractivity contribution in [1.82, 2.24) is 5.32 Å². The van der Waals surface area contributed by atoms with Gasteiger partial charge in [0, 0.05) is 6.04 Å². The highest BCUT2D eigenvalue weighted by molar-refractivity contribution is 4.64. The van der Waals surface area contributed by atoms with E-state index in [2.05, 4.69) is 19.2 Å². The fraction of sp³-hybridized carbons (Fsp3) is 1.00. The normalized spacial score (nSPS) is 13.2. The fourth-order valence-electron chi connectivity index (χ4n) is 1.42. The summed E-state index contributed by atoms with van der Waals surface area (Å²) < 4.78 is 0. The van der Waals surface area contributed by atoms with Gasteiger partial charge in [0.1, 0.15) is 0 Å². The van der Waals surface area contributed by atoms with Crippen molar-refractivity contribution in [2.75, 3.05) is 13.2 Å². The minimum Gasteiger partial charge on any atom is -0.395 e. The second-order valence-electron chi connectivity index (χ2n) is 3.68. The molecule has 0 aliphatic rings. The largest absolute Gasteiger partial charge is 0.395 e. The minimum absolute atomic E-state index is 0.284. The number of aliphatic hydroxyl groups is 1. The fourth-order valence-corrected chi connectivity index (χ4v) is 1.42. The summed E-state index contributed by atoms with van der Waals surface area (Å²) in [6.45, 7) is 5.68. The molecular weight excluding hydrogens is 162 g/mol. The van der Waals surface area contributed by atoms with Crippen LogP contribution in [0, 0.1) is 0 Å². The Kier molecular flexibility index (Phi) is 9.94. The molecule has 0 aromatic heterocycles. The molecule has 0 aliphatic carbocycles. The first-order valence-electron chi connectivity index (χ1n) is 5.69. The van der Waals surface area contributed by atoms with E-state index in [1.54, 1.807) is 0 Å². The Morgan fingerprint density at radius 2 is 1.85 bits per heavy atom. The molecule has 0 bridgehead atoms. The molecule has 13 heavy (non-hydrogen) atoms. The summed E-state index contributed by atoms with van der Waals surface area (Å²) in [5.41, 5.74) is 0. The van der Waals surface area contributed by atoms with Crippen LogP contribution in [0.25, 0.3) is 0 Å². The van der Waals surface area contributed by atoms with Gasteiger partial charge in [-0.3, -0.25) is 0 Å². The van der Waals surface area contributed by atoms with Crippen molar-refractivity contribution in [3.8, 4) is 0 Å². The smallest absolute Gasteiger partial charge is 0.0584 e. The van der Waals surface area contributed by atoms with Gasteiger partial charge in [0.15, 0.2) is 0 Å². The Morgan fingerprint density at radius 3 is 2.38 bits per heavy atom. The maximum absolute atomic E-state index is 9.05. The molecule has 2 nitrogen and oxygen atoms in total. The van der Waals surface area contributed by atoms with E-state index in [-0.39, 0.29) is 6.61 Å². The van der Waals surface area contributed by atoms with Crippen LogP contribution in [-0.2, 0) is 0 Å². The van der Waals surface area contributed by atoms with E-state index in [0.29, 0.717) is 6.04 Å². The van der Waals surface area contributed by atoms with Crippen LogP contribution >= 0.6 is 0 Å². The van der Waals surface area contributed by atoms with Crippen molar-refractivity contribution in [1.29, 1.82) is 0 Å². The molecule has 0 heterocycles. The number of hydrogen-bond donors (Lipinski definition) is 2. The van der Waals surface area contributed by atoms with Gasteiger partial charge < -0.3 is 10.4 Å². The summed E-state index contributed by atoms with van der Waals surface area (Å²) in [5.74, 6) is 0. The zero-order chi connectivity index (χ0) is 9.94. The van der Waals surface area contributed by atoms with Crippen LogP contribution in [-0.4, -0.2) is 24.3 Å². The molecule has 0 rings (SSSR count). The average molecular weight is 187 g/mol. The van der Waals surface area contributed by atoms with E-state index in [4.69, 9.17) is 5.11 Å². The Hall–Kier alpha value is -0.0800. The Balaban J connectivity index is 3.25. The molecule has 0 aliphatic heterocycles. The molecule has 0 saturated heterocycles. The van der Waals surface area contributed by atoms with E-state index >= 15 is 0 Å². The lowest BCUT2D eigenvalue weighted by atomic mass is 10.1. The minimum atomic E-state index is 0.284. The molecule has 0 amide bonds. The molecule has 2 N–H and O–H groups in total. The first-order chi connectivity index (χ1) is 6.35. The van der Waals surface area contributed by atoms with Gasteiger partial charge in [-0.15, -0.1) is 0 Å². The lowest BCUT2D eigenvalue weighted by molar-refractivity contribution is 0.233. The van der Waals surface area contributed by atoms with Gasteiger partial charge >= 0.3 is 0 Å². The van der Waals surface area contributed by atoms with E-state index in [0.717, 1.165) is 19.4 Å². The SMILES string of the molecule is CCCCCCC(CO)NCCC. The monoisotopic (exact) mass is 187 g/mol. The summed E-state index contributed by atoms with van der Waals surface area (Å²) in [6.07, 6.45) is 7.43. The van der Waals surface area contributed by atoms with E-state index in [1.807, 2.05) is 0 Å². The molecule has 0 radical (unpaired) electrons.